The molecule has 1 aromatic carbocycles. The van der Waals surface area contributed by atoms with Crippen molar-refractivity contribution in [2.24, 2.45) is 0 Å². The van der Waals surface area contributed by atoms with Gasteiger partial charge in [-0.05, 0) is 44.2 Å². The summed E-state index contributed by atoms with van der Waals surface area (Å²) in [5.74, 6) is 0.414. The number of carbonyl (C=O) groups is 2. The number of ether oxygens (including phenoxy) is 1. The van der Waals surface area contributed by atoms with Crippen molar-refractivity contribution >= 4 is 40.5 Å². The van der Waals surface area contributed by atoms with E-state index in [1.54, 1.807) is 19.1 Å². The number of nitrogens with zero attached hydrogens (tertiary/aromatic N) is 1. The molecule has 0 atom stereocenters. The standard InChI is InChI=1S/C18H15ClN2O4S/c1-9-4-7-14(25-9)17-20-10(2)15(26-17)16(22)21-13-6-5-11(19)8-12(13)18(23)24-3/h4-8H,1-3H3,(H,21,22). The van der Waals surface area contributed by atoms with Gasteiger partial charge in [0.25, 0.3) is 5.91 Å². The largest absolute Gasteiger partial charge is 0.465 e. The van der Waals surface area contributed by atoms with Crippen LogP contribution in [0.3, 0.4) is 0 Å². The van der Waals surface area contributed by atoms with Crippen LogP contribution in [0.1, 0.15) is 31.5 Å². The van der Waals surface area contributed by atoms with E-state index >= 15 is 0 Å². The molecule has 0 saturated heterocycles. The number of thiazole rings is 1. The van der Waals surface area contributed by atoms with Gasteiger partial charge >= 0.3 is 5.97 Å². The summed E-state index contributed by atoms with van der Waals surface area (Å²) in [5.41, 5.74) is 1.07. The van der Waals surface area contributed by atoms with Gasteiger partial charge < -0.3 is 14.5 Å². The van der Waals surface area contributed by atoms with Gasteiger partial charge in [0.15, 0.2) is 10.8 Å². The second kappa shape index (κ2) is 7.31. The van der Waals surface area contributed by atoms with E-state index in [9.17, 15) is 9.59 Å². The van der Waals surface area contributed by atoms with Crippen LogP contribution >= 0.6 is 22.9 Å². The van der Waals surface area contributed by atoms with Gasteiger partial charge in [-0.2, -0.15) is 0 Å². The molecule has 0 spiro atoms. The first-order valence-electron chi connectivity index (χ1n) is 7.62. The van der Waals surface area contributed by atoms with Crippen LogP contribution in [-0.2, 0) is 4.74 Å². The number of aromatic nitrogens is 1. The van der Waals surface area contributed by atoms with Crippen molar-refractivity contribution in [3.05, 3.63) is 57.2 Å². The van der Waals surface area contributed by atoms with Crippen LogP contribution in [0.2, 0.25) is 5.02 Å². The molecule has 0 aliphatic rings. The van der Waals surface area contributed by atoms with Crippen LogP contribution in [0.25, 0.3) is 10.8 Å². The zero-order chi connectivity index (χ0) is 18.8. The van der Waals surface area contributed by atoms with Crippen molar-refractivity contribution in [3.8, 4) is 10.8 Å². The number of methoxy groups -OCH3 is 1. The fourth-order valence-electron chi connectivity index (χ4n) is 2.35. The second-order valence-electron chi connectivity index (χ2n) is 5.48. The van der Waals surface area contributed by atoms with E-state index in [1.165, 1.54) is 24.5 Å². The topological polar surface area (TPSA) is 81.4 Å². The zero-order valence-electron chi connectivity index (χ0n) is 14.3. The first kappa shape index (κ1) is 18.2. The molecule has 134 valence electrons. The number of carbonyl (C=O) groups excluding carboxylic acids is 2. The van der Waals surface area contributed by atoms with E-state index in [4.69, 9.17) is 20.8 Å². The maximum atomic E-state index is 12.7. The Balaban J connectivity index is 1.90. The summed E-state index contributed by atoms with van der Waals surface area (Å²) in [6.45, 7) is 3.58. The number of hydrogen-bond donors (Lipinski definition) is 1. The predicted molar refractivity (Wildman–Crippen MR) is 100 cm³/mol. The van der Waals surface area contributed by atoms with Gasteiger partial charge in [-0.25, -0.2) is 9.78 Å². The first-order chi connectivity index (χ1) is 12.4. The quantitative estimate of drug-likeness (QED) is 0.652. The monoisotopic (exact) mass is 390 g/mol. The molecule has 0 aliphatic carbocycles. The number of rotatable bonds is 4. The SMILES string of the molecule is COC(=O)c1cc(Cl)ccc1NC(=O)c1sc(-c2ccc(C)o2)nc1C. The van der Waals surface area contributed by atoms with Crippen molar-refractivity contribution in [3.63, 3.8) is 0 Å². The summed E-state index contributed by atoms with van der Waals surface area (Å²) >= 11 is 7.15. The Labute approximate surface area is 158 Å². The number of benzene rings is 1. The lowest BCUT2D eigenvalue weighted by atomic mass is 10.1. The van der Waals surface area contributed by atoms with Gasteiger partial charge in [0.1, 0.15) is 10.6 Å². The van der Waals surface area contributed by atoms with Crippen LogP contribution in [0.4, 0.5) is 5.69 Å². The highest BCUT2D eigenvalue weighted by Crippen LogP contribution is 2.30. The number of esters is 1. The molecule has 26 heavy (non-hydrogen) atoms. The van der Waals surface area contributed by atoms with Crippen LogP contribution < -0.4 is 5.32 Å². The molecule has 3 aromatic rings. The molecule has 8 heteroatoms. The molecule has 2 aromatic heterocycles. The summed E-state index contributed by atoms with van der Waals surface area (Å²) in [6, 6.07) is 8.23. The Hall–Kier alpha value is -2.64. The van der Waals surface area contributed by atoms with Gasteiger partial charge in [0, 0.05) is 5.02 Å². The lowest BCUT2D eigenvalue weighted by molar-refractivity contribution is 0.0602. The third kappa shape index (κ3) is 3.63. The maximum Gasteiger partial charge on any atom is 0.340 e. The molecule has 0 aliphatic heterocycles. The summed E-state index contributed by atoms with van der Waals surface area (Å²) < 4.78 is 10.3. The van der Waals surface area contributed by atoms with Crippen molar-refractivity contribution < 1.29 is 18.7 Å². The van der Waals surface area contributed by atoms with Crippen LogP contribution in [0, 0.1) is 13.8 Å². The Morgan fingerprint density at radius 3 is 2.65 bits per heavy atom. The molecule has 0 bridgehead atoms. The van der Waals surface area contributed by atoms with Gasteiger partial charge in [0.05, 0.1) is 24.1 Å². The Kier molecular flexibility index (Phi) is 5.11. The van der Waals surface area contributed by atoms with E-state index in [2.05, 4.69) is 10.3 Å². The Bertz CT molecular complexity index is 993. The highest BCUT2D eigenvalue weighted by Gasteiger charge is 2.20. The van der Waals surface area contributed by atoms with Gasteiger partial charge in [-0.1, -0.05) is 11.6 Å². The minimum atomic E-state index is -0.587. The number of nitrogens with one attached hydrogen (secondary N) is 1. The van der Waals surface area contributed by atoms with Gasteiger partial charge in [-0.15, -0.1) is 11.3 Å². The smallest absolute Gasteiger partial charge is 0.340 e. The predicted octanol–water partition coefficient (Wildman–Crippen LogP) is 4.71. The molecule has 0 saturated carbocycles. The van der Waals surface area contributed by atoms with E-state index in [0.29, 0.717) is 32.0 Å². The normalized spacial score (nSPS) is 10.6. The highest BCUT2D eigenvalue weighted by molar-refractivity contribution is 7.17. The lowest BCUT2D eigenvalue weighted by Crippen LogP contribution is -2.15. The highest BCUT2D eigenvalue weighted by atomic mass is 35.5. The fourth-order valence-corrected chi connectivity index (χ4v) is 3.44. The van der Waals surface area contributed by atoms with Crippen molar-refractivity contribution in [2.75, 3.05) is 12.4 Å². The third-order valence-corrected chi connectivity index (χ3v) is 4.99. The number of hydrogen-bond acceptors (Lipinski definition) is 6. The minimum absolute atomic E-state index is 0.178. The number of halogens is 1. The van der Waals surface area contributed by atoms with Gasteiger partial charge in [-0.3, -0.25) is 4.79 Å². The lowest BCUT2D eigenvalue weighted by Gasteiger charge is -2.09. The molecule has 0 fully saturated rings. The molecule has 3 rings (SSSR count). The van der Waals surface area contributed by atoms with Crippen molar-refractivity contribution in [1.29, 1.82) is 0 Å². The first-order valence-corrected chi connectivity index (χ1v) is 8.82. The average Bonchev–Trinajstić information content (AvgIpc) is 3.21. The van der Waals surface area contributed by atoms with Crippen molar-refractivity contribution in [1.82, 2.24) is 4.98 Å². The number of aryl methyl sites for hydroxylation is 2. The molecule has 6 nitrogen and oxygen atoms in total. The second-order valence-corrected chi connectivity index (χ2v) is 6.91. The number of amides is 1. The maximum absolute atomic E-state index is 12.7. The molecule has 1 amide bonds. The van der Waals surface area contributed by atoms with E-state index in [1.807, 2.05) is 19.1 Å². The molecule has 0 unspecified atom stereocenters. The molecule has 1 N–H and O–H groups in total. The summed E-state index contributed by atoms with van der Waals surface area (Å²) in [5, 5.41) is 3.71. The summed E-state index contributed by atoms with van der Waals surface area (Å²) in [7, 11) is 1.26. The number of furan rings is 1. The molecular weight excluding hydrogens is 376 g/mol. The van der Waals surface area contributed by atoms with Gasteiger partial charge in [0.2, 0.25) is 0 Å². The van der Waals surface area contributed by atoms with E-state index in [0.717, 1.165) is 5.76 Å². The van der Waals surface area contributed by atoms with Crippen LogP contribution in [0.5, 0.6) is 0 Å². The third-order valence-electron chi connectivity index (χ3n) is 3.59. The Morgan fingerprint density at radius 2 is 2.00 bits per heavy atom. The zero-order valence-corrected chi connectivity index (χ0v) is 15.8. The summed E-state index contributed by atoms with van der Waals surface area (Å²) in [6.07, 6.45) is 0. The van der Waals surface area contributed by atoms with Crippen LogP contribution in [-0.4, -0.2) is 24.0 Å². The fraction of sp³-hybridized carbons (Fsp3) is 0.167. The van der Waals surface area contributed by atoms with E-state index < -0.39 is 5.97 Å². The molecular formula is C18H15ClN2O4S. The van der Waals surface area contributed by atoms with Crippen molar-refractivity contribution in [2.45, 2.75) is 13.8 Å². The summed E-state index contributed by atoms with van der Waals surface area (Å²) in [4.78, 5) is 29.4. The number of anilines is 1. The average molecular weight is 391 g/mol. The van der Waals surface area contributed by atoms with Crippen LogP contribution in [0.15, 0.2) is 34.7 Å². The van der Waals surface area contributed by atoms with E-state index in [-0.39, 0.29) is 11.5 Å². The minimum Gasteiger partial charge on any atom is -0.465 e. The molecule has 2 heterocycles. The Morgan fingerprint density at radius 1 is 1.23 bits per heavy atom. The molecule has 0 radical (unpaired) electrons.